The normalized spacial score (nSPS) is 16.4. The van der Waals surface area contributed by atoms with Crippen molar-refractivity contribution in [3.05, 3.63) is 40.3 Å². The minimum atomic E-state index is -4.36. The summed E-state index contributed by atoms with van der Waals surface area (Å²) >= 11 is 1.07. The Morgan fingerprint density at radius 2 is 1.96 bits per heavy atom. The zero-order valence-electron chi connectivity index (χ0n) is 13.2. The first kappa shape index (κ1) is 17.0. The molecule has 0 aliphatic carbocycles. The lowest BCUT2D eigenvalue weighted by Gasteiger charge is -2.35. The Bertz CT molecular complexity index is 681. The standard InChI is InChI=1S/C16H18F3N3OS/c1-23-13-4-2-3-12(9-13)22-7-5-21(6-8-22)10-15-20-14(11-24-15)16(17,18)19/h2-4,9,11H,5-8,10H2,1H3. The van der Waals surface area contributed by atoms with Crippen LogP contribution in [0.3, 0.4) is 0 Å². The van der Waals surface area contributed by atoms with Gasteiger partial charge >= 0.3 is 6.18 Å². The van der Waals surface area contributed by atoms with E-state index in [1.54, 1.807) is 7.11 Å². The summed E-state index contributed by atoms with van der Waals surface area (Å²) in [4.78, 5) is 8.08. The number of benzene rings is 1. The number of thiazole rings is 1. The molecule has 0 atom stereocenters. The maximum Gasteiger partial charge on any atom is 0.434 e. The lowest BCUT2D eigenvalue weighted by atomic mass is 10.2. The monoisotopic (exact) mass is 357 g/mol. The number of piperazine rings is 1. The highest BCUT2D eigenvalue weighted by atomic mass is 32.1. The van der Waals surface area contributed by atoms with Crippen LogP contribution in [0.1, 0.15) is 10.7 Å². The third-order valence-corrected chi connectivity index (χ3v) is 4.83. The summed E-state index contributed by atoms with van der Waals surface area (Å²) in [5, 5.41) is 1.60. The first-order chi connectivity index (χ1) is 11.5. The van der Waals surface area contributed by atoms with Crippen LogP contribution in [0.5, 0.6) is 5.75 Å². The Labute approximate surface area is 142 Å². The topological polar surface area (TPSA) is 28.6 Å². The van der Waals surface area contributed by atoms with E-state index in [0.717, 1.165) is 54.3 Å². The molecule has 1 saturated heterocycles. The number of nitrogens with zero attached hydrogens (tertiary/aromatic N) is 3. The lowest BCUT2D eigenvalue weighted by molar-refractivity contribution is -0.140. The molecule has 1 aliphatic heterocycles. The molecule has 1 aromatic carbocycles. The minimum Gasteiger partial charge on any atom is -0.497 e. The van der Waals surface area contributed by atoms with Gasteiger partial charge in [0, 0.05) is 43.3 Å². The van der Waals surface area contributed by atoms with Crippen molar-refractivity contribution in [2.45, 2.75) is 12.7 Å². The molecule has 8 heteroatoms. The van der Waals surface area contributed by atoms with Crippen molar-refractivity contribution in [1.82, 2.24) is 9.88 Å². The molecule has 0 bridgehead atoms. The molecular weight excluding hydrogens is 339 g/mol. The van der Waals surface area contributed by atoms with Gasteiger partial charge in [-0.2, -0.15) is 13.2 Å². The maximum atomic E-state index is 12.6. The van der Waals surface area contributed by atoms with E-state index in [4.69, 9.17) is 4.74 Å². The zero-order chi connectivity index (χ0) is 17.2. The molecule has 1 fully saturated rings. The van der Waals surface area contributed by atoms with Gasteiger partial charge in [0.1, 0.15) is 10.8 Å². The highest BCUT2D eigenvalue weighted by Crippen LogP contribution is 2.30. The van der Waals surface area contributed by atoms with E-state index >= 15 is 0 Å². The second-order valence-corrected chi connectivity index (χ2v) is 6.53. The predicted octanol–water partition coefficient (Wildman–Crippen LogP) is 3.49. The molecule has 0 amide bonds. The van der Waals surface area contributed by atoms with Crippen molar-refractivity contribution in [1.29, 1.82) is 0 Å². The fourth-order valence-corrected chi connectivity index (χ4v) is 3.52. The van der Waals surface area contributed by atoms with Crippen LogP contribution in [0.15, 0.2) is 29.6 Å². The highest BCUT2D eigenvalue weighted by Gasteiger charge is 2.33. The van der Waals surface area contributed by atoms with E-state index in [1.807, 2.05) is 24.3 Å². The Balaban J connectivity index is 1.56. The molecule has 1 aromatic heterocycles. The fraction of sp³-hybridized carbons (Fsp3) is 0.438. The zero-order valence-corrected chi connectivity index (χ0v) is 14.0. The van der Waals surface area contributed by atoms with Gasteiger partial charge < -0.3 is 9.64 Å². The van der Waals surface area contributed by atoms with Gasteiger partial charge in [0.05, 0.1) is 13.7 Å². The number of hydrogen-bond acceptors (Lipinski definition) is 5. The summed E-state index contributed by atoms with van der Waals surface area (Å²) in [6.45, 7) is 3.69. The van der Waals surface area contributed by atoms with Gasteiger partial charge in [-0.3, -0.25) is 4.90 Å². The minimum absolute atomic E-state index is 0.465. The van der Waals surface area contributed by atoms with Gasteiger partial charge in [-0.25, -0.2) is 4.98 Å². The second-order valence-electron chi connectivity index (χ2n) is 5.59. The SMILES string of the molecule is COc1cccc(N2CCN(Cc3nc(C(F)(F)F)cs3)CC2)c1. The molecule has 4 nitrogen and oxygen atoms in total. The number of hydrogen-bond donors (Lipinski definition) is 0. The molecule has 0 spiro atoms. The smallest absolute Gasteiger partial charge is 0.434 e. The molecule has 130 valence electrons. The van der Waals surface area contributed by atoms with Gasteiger partial charge in [0.2, 0.25) is 0 Å². The van der Waals surface area contributed by atoms with E-state index < -0.39 is 11.9 Å². The second kappa shape index (κ2) is 6.98. The summed E-state index contributed by atoms with van der Waals surface area (Å²) in [5.74, 6) is 0.817. The van der Waals surface area contributed by atoms with E-state index in [-0.39, 0.29) is 0 Å². The quantitative estimate of drug-likeness (QED) is 0.838. The van der Waals surface area contributed by atoms with Gasteiger partial charge in [0.25, 0.3) is 0 Å². The predicted molar refractivity (Wildman–Crippen MR) is 87.6 cm³/mol. The third-order valence-electron chi connectivity index (χ3n) is 3.99. The number of aromatic nitrogens is 1. The maximum absolute atomic E-state index is 12.6. The van der Waals surface area contributed by atoms with Crippen LogP contribution in [-0.4, -0.2) is 43.2 Å². The molecule has 0 N–H and O–H groups in total. The summed E-state index contributed by atoms with van der Waals surface area (Å²) in [5.41, 5.74) is 0.306. The summed E-state index contributed by atoms with van der Waals surface area (Å²) in [6.07, 6.45) is -4.36. The average molecular weight is 357 g/mol. The Morgan fingerprint density at radius 3 is 2.58 bits per heavy atom. The largest absolute Gasteiger partial charge is 0.497 e. The van der Waals surface area contributed by atoms with E-state index in [2.05, 4.69) is 14.8 Å². The van der Waals surface area contributed by atoms with Crippen molar-refractivity contribution in [2.24, 2.45) is 0 Å². The van der Waals surface area contributed by atoms with Gasteiger partial charge in [-0.15, -0.1) is 11.3 Å². The van der Waals surface area contributed by atoms with Crippen molar-refractivity contribution >= 4 is 17.0 Å². The Hall–Kier alpha value is -1.80. The van der Waals surface area contributed by atoms with Crippen LogP contribution in [0.2, 0.25) is 0 Å². The molecule has 24 heavy (non-hydrogen) atoms. The van der Waals surface area contributed by atoms with Crippen molar-refractivity contribution < 1.29 is 17.9 Å². The number of alkyl halides is 3. The number of methoxy groups -OCH3 is 1. The van der Waals surface area contributed by atoms with E-state index in [1.165, 1.54) is 0 Å². The first-order valence-corrected chi connectivity index (χ1v) is 8.46. The molecule has 2 aromatic rings. The van der Waals surface area contributed by atoms with Crippen molar-refractivity contribution in [2.75, 3.05) is 38.2 Å². The lowest BCUT2D eigenvalue weighted by Crippen LogP contribution is -2.45. The molecule has 3 rings (SSSR count). The summed E-state index contributed by atoms with van der Waals surface area (Å²) in [6, 6.07) is 7.88. The van der Waals surface area contributed by atoms with Crippen molar-refractivity contribution in [3.63, 3.8) is 0 Å². The molecule has 0 radical (unpaired) electrons. The Morgan fingerprint density at radius 1 is 1.21 bits per heavy atom. The van der Waals surface area contributed by atoms with Crippen LogP contribution in [0.4, 0.5) is 18.9 Å². The number of halogens is 3. The number of rotatable bonds is 4. The van der Waals surface area contributed by atoms with Gasteiger partial charge in [-0.1, -0.05) is 6.07 Å². The third kappa shape index (κ3) is 3.99. The summed E-state index contributed by atoms with van der Waals surface area (Å²) in [7, 11) is 1.64. The number of ether oxygens (including phenoxy) is 1. The van der Waals surface area contributed by atoms with Gasteiger partial charge in [0.15, 0.2) is 5.69 Å². The van der Waals surface area contributed by atoms with Crippen LogP contribution in [0.25, 0.3) is 0 Å². The summed E-state index contributed by atoms with van der Waals surface area (Å²) < 4.78 is 43.0. The fourth-order valence-electron chi connectivity index (χ4n) is 2.68. The Kier molecular flexibility index (Phi) is 4.96. The molecule has 2 heterocycles. The van der Waals surface area contributed by atoms with E-state index in [9.17, 15) is 13.2 Å². The van der Waals surface area contributed by atoms with Crippen LogP contribution in [0, 0.1) is 0 Å². The van der Waals surface area contributed by atoms with E-state index in [0.29, 0.717) is 11.6 Å². The number of anilines is 1. The first-order valence-electron chi connectivity index (χ1n) is 7.58. The molecular formula is C16H18F3N3OS. The highest BCUT2D eigenvalue weighted by molar-refractivity contribution is 7.09. The van der Waals surface area contributed by atoms with Crippen LogP contribution < -0.4 is 9.64 Å². The molecule has 0 saturated carbocycles. The van der Waals surface area contributed by atoms with Crippen LogP contribution >= 0.6 is 11.3 Å². The molecule has 0 unspecified atom stereocenters. The average Bonchev–Trinajstić information content (AvgIpc) is 3.04. The van der Waals surface area contributed by atoms with Crippen molar-refractivity contribution in [3.8, 4) is 5.75 Å². The van der Waals surface area contributed by atoms with Gasteiger partial charge in [-0.05, 0) is 12.1 Å². The van der Waals surface area contributed by atoms with Crippen LogP contribution in [-0.2, 0) is 12.7 Å². The molecule has 1 aliphatic rings.